The van der Waals surface area contributed by atoms with Crippen molar-refractivity contribution >= 4 is 0 Å². The number of hydrogen-bond donors (Lipinski definition) is 1. The molecule has 1 aromatic heterocycles. The van der Waals surface area contributed by atoms with Crippen molar-refractivity contribution < 1.29 is 4.74 Å². The minimum absolute atomic E-state index is 0.235. The molecule has 2 unspecified atom stereocenters. The molecule has 110 valence electrons. The largest absolute Gasteiger partial charge is 0.377 e. The third-order valence-corrected chi connectivity index (χ3v) is 3.27. The zero-order chi connectivity index (χ0) is 14.3. The first kappa shape index (κ1) is 16.2. The molecule has 0 aliphatic heterocycles. The third-order valence-electron chi connectivity index (χ3n) is 3.27. The summed E-state index contributed by atoms with van der Waals surface area (Å²) < 4.78 is 7.80. The fourth-order valence-corrected chi connectivity index (χ4v) is 2.40. The molecule has 0 aromatic carbocycles. The number of aryl methyl sites for hydroxylation is 1. The molecule has 0 fully saturated rings. The van der Waals surface area contributed by atoms with E-state index >= 15 is 0 Å². The summed E-state index contributed by atoms with van der Waals surface area (Å²) in [7, 11) is 1.96. The van der Waals surface area contributed by atoms with Gasteiger partial charge in [-0.2, -0.15) is 5.10 Å². The molecule has 2 atom stereocenters. The van der Waals surface area contributed by atoms with Gasteiger partial charge in [0.25, 0.3) is 0 Å². The van der Waals surface area contributed by atoms with Crippen LogP contribution in [0.15, 0.2) is 12.3 Å². The van der Waals surface area contributed by atoms with E-state index in [1.54, 1.807) is 0 Å². The fourth-order valence-electron chi connectivity index (χ4n) is 2.40. The highest BCUT2D eigenvalue weighted by atomic mass is 16.5. The molecule has 0 radical (unpaired) electrons. The average Bonchev–Trinajstić information content (AvgIpc) is 2.77. The molecule has 1 aromatic rings. The predicted octanol–water partition coefficient (Wildman–Crippen LogP) is 2.39. The molecule has 0 saturated heterocycles. The van der Waals surface area contributed by atoms with Gasteiger partial charge in [0.05, 0.1) is 11.8 Å². The number of ether oxygens (including phenoxy) is 1. The maximum Gasteiger partial charge on any atom is 0.0754 e. The Bertz CT molecular complexity index is 349. The minimum Gasteiger partial charge on any atom is -0.377 e. The second-order valence-electron chi connectivity index (χ2n) is 5.41. The van der Waals surface area contributed by atoms with Crippen molar-refractivity contribution in [2.45, 2.75) is 52.7 Å². The Morgan fingerprint density at radius 1 is 1.37 bits per heavy atom. The van der Waals surface area contributed by atoms with Crippen molar-refractivity contribution in [1.29, 1.82) is 0 Å². The van der Waals surface area contributed by atoms with Crippen molar-refractivity contribution in [3.63, 3.8) is 0 Å². The van der Waals surface area contributed by atoms with Crippen molar-refractivity contribution in [2.75, 3.05) is 13.2 Å². The van der Waals surface area contributed by atoms with Gasteiger partial charge in [-0.3, -0.25) is 4.68 Å². The number of aromatic nitrogens is 2. The normalized spacial score (nSPS) is 14.8. The first-order valence-corrected chi connectivity index (χ1v) is 7.42. The van der Waals surface area contributed by atoms with E-state index in [9.17, 15) is 0 Å². The number of hydrogen-bond acceptors (Lipinski definition) is 3. The van der Waals surface area contributed by atoms with Gasteiger partial charge in [0.15, 0.2) is 0 Å². The summed E-state index contributed by atoms with van der Waals surface area (Å²) in [5.41, 5.74) is 1.13. The Hall–Kier alpha value is -0.870. The number of nitrogens with zero attached hydrogens (tertiary/aromatic N) is 2. The van der Waals surface area contributed by atoms with Gasteiger partial charge in [-0.1, -0.05) is 20.8 Å². The fraction of sp³-hybridized carbons (Fsp3) is 0.800. The lowest BCUT2D eigenvalue weighted by Crippen LogP contribution is -2.46. The van der Waals surface area contributed by atoms with Crippen molar-refractivity contribution in [2.24, 2.45) is 13.0 Å². The molecule has 1 heterocycles. The van der Waals surface area contributed by atoms with Gasteiger partial charge in [0.2, 0.25) is 0 Å². The SMILES string of the molecule is CCCNC(Cc1ccn(C)n1)C(OCC)C(C)C. The second-order valence-corrected chi connectivity index (χ2v) is 5.41. The Balaban J connectivity index is 2.73. The van der Waals surface area contributed by atoms with Crippen LogP contribution >= 0.6 is 0 Å². The molecule has 0 saturated carbocycles. The van der Waals surface area contributed by atoms with E-state index in [1.165, 1.54) is 0 Å². The van der Waals surface area contributed by atoms with Crippen LogP contribution in [0, 0.1) is 5.92 Å². The van der Waals surface area contributed by atoms with Gasteiger partial charge in [0.1, 0.15) is 0 Å². The maximum absolute atomic E-state index is 5.94. The van der Waals surface area contributed by atoms with Crippen molar-refractivity contribution in [3.8, 4) is 0 Å². The minimum atomic E-state index is 0.235. The van der Waals surface area contributed by atoms with Gasteiger partial charge in [-0.05, 0) is 31.9 Å². The molecular formula is C15H29N3O. The molecule has 0 aliphatic rings. The van der Waals surface area contributed by atoms with Gasteiger partial charge >= 0.3 is 0 Å². The number of nitrogens with one attached hydrogen (secondary N) is 1. The second kappa shape index (κ2) is 8.33. The summed E-state index contributed by atoms with van der Waals surface area (Å²) in [5.74, 6) is 0.498. The van der Waals surface area contributed by atoms with Gasteiger partial charge in [-0.25, -0.2) is 0 Å². The van der Waals surface area contributed by atoms with E-state index in [0.717, 1.165) is 31.7 Å². The van der Waals surface area contributed by atoms with Gasteiger partial charge in [0, 0.05) is 32.3 Å². The van der Waals surface area contributed by atoms with E-state index in [2.05, 4.69) is 44.2 Å². The highest BCUT2D eigenvalue weighted by Gasteiger charge is 2.25. The summed E-state index contributed by atoms with van der Waals surface area (Å²) >= 11 is 0. The first-order valence-electron chi connectivity index (χ1n) is 7.42. The van der Waals surface area contributed by atoms with Crippen LogP contribution in [0.4, 0.5) is 0 Å². The third kappa shape index (κ3) is 5.33. The summed E-state index contributed by atoms with van der Waals surface area (Å²) in [6, 6.07) is 2.42. The molecule has 4 nitrogen and oxygen atoms in total. The Kier molecular flexibility index (Phi) is 7.10. The monoisotopic (exact) mass is 267 g/mol. The molecule has 1 rings (SSSR count). The molecule has 0 aliphatic carbocycles. The van der Waals surface area contributed by atoms with Gasteiger partial charge in [-0.15, -0.1) is 0 Å². The molecule has 4 heteroatoms. The quantitative estimate of drug-likeness (QED) is 0.746. The van der Waals surface area contributed by atoms with E-state index in [0.29, 0.717) is 12.0 Å². The van der Waals surface area contributed by atoms with E-state index in [1.807, 2.05) is 17.9 Å². The van der Waals surface area contributed by atoms with Crippen molar-refractivity contribution in [3.05, 3.63) is 18.0 Å². The van der Waals surface area contributed by atoms with Crippen LogP contribution in [0.2, 0.25) is 0 Å². The Labute approximate surface area is 117 Å². The molecule has 19 heavy (non-hydrogen) atoms. The van der Waals surface area contributed by atoms with E-state index in [4.69, 9.17) is 4.74 Å². The summed E-state index contributed by atoms with van der Waals surface area (Å²) in [5, 5.41) is 8.10. The first-order chi connectivity index (χ1) is 9.08. The Morgan fingerprint density at radius 2 is 2.11 bits per heavy atom. The van der Waals surface area contributed by atoms with Crippen LogP contribution in [-0.2, 0) is 18.2 Å². The van der Waals surface area contributed by atoms with Crippen LogP contribution in [0.3, 0.4) is 0 Å². The van der Waals surface area contributed by atoms with E-state index < -0.39 is 0 Å². The summed E-state index contributed by atoms with van der Waals surface area (Å²) in [6.07, 6.45) is 4.29. The average molecular weight is 267 g/mol. The van der Waals surface area contributed by atoms with E-state index in [-0.39, 0.29) is 6.10 Å². The Morgan fingerprint density at radius 3 is 2.58 bits per heavy atom. The standard InChI is InChI=1S/C15H29N3O/c1-6-9-16-14(15(12(3)4)19-7-2)11-13-8-10-18(5)17-13/h8,10,12,14-16H,6-7,9,11H2,1-5H3. The van der Waals surface area contributed by atoms with Crippen LogP contribution in [0.1, 0.15) is 39.8 Å². The van der Waals surface area contributed by atoms with Crippen molar-refractivity contribution in [1.82, 2.24) is 15.1 Å². The highest BCUT2D eigenvalue weighted by Crippen LogP contribution is 2.15. The molecular weight excluding hydrogens is 238 g/mol. The van der Waals surface area contributed by atoms with Gasteiger partial charge < -0.3 is 10.1 Å². The maximum atomic E-state index is 5.94. The van der Waals surface area contributed by atoms with Crippen LogP contribution < -0.4 is 5.32 Å². The zero-order valence-corrected chi connectivity index (χ0v) is 13.0. The molecule has 0 bridgehead atoms. The number of rotatable bonds is 9. The van der Waals surface area contributed by atoms with Crippen LogP contribution in [0.5, 0.6) is 0 Å². The molecule has 0 amide bonds. The molecule has 0 spiro atoms. The van der Waals surface area contributed by atoms with Crippen LogP contribution in [-0.4, -0.2) is 35.1 Å². The summed E-state index contributed by atoms with van der Waals surface area (Å²) in [6.45, 7) is 10.5. The topological polar surface area (TPSA) is 39.1 Å². The highest BCUT2D eigenvalue weighted by molar-refractivity contribution is 5.03. The zero-order valence-electron chi connectivity index (χ0n) is 13.0. The molecule has 1 N–H and O–H groups in total. The lowest BCUT2D eigenvalue weighted by Gasteiger charge is -2.30. The lowest BCUT2D eigenvalue weighted by atomic mass is 9.95. The lowest BCUT2D eigenvalue weighted by molar-refractivity contribution is 0.00338. The predicted molar refractivity (Wildman–Crippen MR) is 79.2 cm³/mol. The van der Waals surface area contributed by atoms with Crippen LogP contribution in [0.25, 0.3) is 0 Å². The smallest absolute Gasteiger partial charge is 0.0754 e. The summed E-state index contributed by atoms with van der Waals surface area (Å²) in [4.78, 5) is 0.